The number of rotatable bonds is 4. The fourth-order valence-corrected chi connectivity index (χ4v) is 1.94. The number of hydrazone groups is 1. The van der Waals surface area contributed by atoms with Gasteiger partial charge in [0.25, 0.3) is 5.91 Å². The number of benzene rings is 2. The van der Waals surface area contributed by atoms with Crippen LogP contribution in [0.2, 0.25) is 0 Å². The number of hydrazine groups is 1. The molecule has 2 aromatic carbocycles. The summed E-state index contributed by atoms with van der Waals surface area (Å²) in [5.41, 5.74) is 9.36. The average molecular weight is 324 g/mol. The fourth-order valence-electron chi connectivity index (χ4n) is 1.94. The molecule has 24 heavy (non-hydrogen) atoms. The summed E-state index contributed by atoms with van der Waals surface area (Å²) in [4.78, 5) is 23.3. The van der Waals surface area contributed by atoms with Crippen molar-refractivity contribution in [3.05, 3.63) is 71.3 Å². The summed E-state index contributed by atoms with van der Waals surface area (Å²) in [7, 11) is 0. The van der Waals surface area contributed by atoms with E-state index in [-0.39, 0.29) is 0 Å². The van der Waals surface area contributed by atoms with E-state index < -0.39 is 11.9 Å². The van der Waals surface area contributed by atoms with Crippen LogP contribution in [0.5, 0.6) is 0 Å². The molecule has 124 valence electrons. The molecule has 0 atom stereocenters. The molecule has 0 fully saturated rings. The van der Waals surface area contributed by atoms with Crippen molar-refractivity contribution in [1.82, 2.24) is 16.3 Å². The molecule has 0 aliphatic rings. The van der Waals surface area contributed by atoms with Gasteiger partial charge in [-0.15, -0.1) is 0 Å². The van der Waals surface area contributed by atoms with Gasteiger partial charge in [-0.1, -0.05) is 56.3 Å². The van der Waals surface area contributed by atoms with E-state index in [1.807, 2.05) is 24.3 Å². The number of urea groups is 1. The van der Waals surface area contributed by atoms with Gasteiger partial charge in [-0.2, -0.15) is 5.10 Å². The Bertz CT molecular complexity index is 710. The van der Waals surface area contributed by atoms with E-state index in [1.54, 1.807) is 30.3 Å². The predicted molar refractivity (Wildman–Crippen MR) is 93.7 cm³/mol. The summed E-state index contributed by atoms with van der Waals surface area (Å²) in [5, 5.41) is 3.83. The van der Waals surface area contributed by atoms with Crippen LogP contribution in [0.3, 0.4) is 0 Å². The fraction of sp³-hybridized carbons (Fsp3) is 0.167. The smallest absolute Gasteiger partial charge is 0.267 e. The quantitative estimate of drug-likeness (QED) is 0.597. The zero-order chi connectivity index (χ0) is 17.4. The van der Waals surface area contributed by atoms with Crippen LogP contribution in [0.15, 0.2) is 59.7 Å². The lowest BCUT2D eigenvalue weighted by molar-refractivity contribution is 0.0936. The van der Waals surface area contributed by atoms with E-state index >= 15 is 0 Å². The van der Waals surface area contributed by atoms with Gasteiger partial charge in [0.1, 0.15) is 0 Å². The molecule has 0 saturated heterocycles. The second-order valence-corrected chi connectivity index (χ2v) is 5.47. The molecule has 0 heterocycles. The van der Waals surface area contributed by atoms with Gasteiger partial charge in [0, 0.05) is 5.56 Å². The highest BCUT2D eigenvalue weighted by atomic mass is 16.2. The van der Waals surface area contributed by atoms with Crippen LogP contribution >= 0.6 is 0 Å². The van der Waals surface area contributed by atoms with Crippen molar-refractivity contribution < 1.29 is 9.59 Å². The van der Waals surface area contributed by atoms with Crippen molar-refractivity contribution in [3.8, 4) is 0 Å². The summed E-state index contributed by atoms with van der Waals surface area (Å²) in [5.74, 6) is 0.0621. The molecule has 0 aliphatic carbocycles. The molecular weight excluding hydrogens is 304 g/mol. The van der Waals surface area contributed by atoms with Gasteiger partial charge in [0.05, 0.1) is 6.21 Å². The van der Waals surface area contributed by atoms with Gasteiger partial charge in [0.2, 0.25) is 0 Å². The Kier molecular flexibility index (Phi) is 6.08. The minimum absolute atomic E-state index is 0.404. The minimum Gasteiger partial charge on any atom is -0.267 e. The number of hydrogen-bond acceptors (Lipinski definition) is 3. The molecule has 0 radical (unpaired) electrons. The van der Waals surface area contributed by atoms with Crippen molar-refractivity contribution in [2.45, 2.75) is 19.8 Å². The summed E-state index contributed by atoms with van der Waals surface area (Å²) in [6.45, 7) is 4.25. The summed E-state index contributed by atoms with van der Waals surface area (Å²) < 4.78 is 0. The lowest BCUT2D eigenvalue weighted by Crippen LogP contribution is -2.45. The SMILES string of the molecule is CC(C)c1ccc(/C=N/NC(=O)NNC(=O)c2ccccc2)cc1. The normalized spacial score (nSPS) is 10.6. The Morgan fingerprint density at radius 2 is 1.62 bits per heavy atom. The van der Waals surface area contributed by atoms with Crippen molar-refractivity contribution in [3.63, 3.8) is 0 Å². The highest BCUT2D eigenvalue weighted by Gasteiger charge is 2.05. The molecule has 0 bridgehead atoms. The zero-order valence-electron chi connectivity index (χ0n) is 13.6. The maximum absolute atomic E-state index is 11.7. The Morgan fingerprint density at radius 3 is 2.25 bits per heavy atom. The average Bonchev–Trinajstić information content (AvgIpc) is 2.61. The second kappa shape index (κ2) is 8.47. The van der Waals surface area contributed by atoms with Crippen molar-refractivity contribution in [2.75, 3.05) is 0 Å². The van der Waals surface area contributed by atoms with E-state index in [1.165, 1.54) is 11.8 Å². The molecule has 0 aliphatic heterocycles. The van der Waals surface area contributed by atoms with Gasteiger partial charge in [0.15, 0.2) is 0 Å². The minimum atomic E-state index is -0.630. The van der Waals surface area contributed by atoms with E-state index in [2.05, 4.69) is 35.2 Å². The number of carbonyl (C=O) groups excluding carboxylic acids is 2. The number of amides is 3. The Hall–Kier alpha value is -3.15. The summed E-state index contributed by atoms with van der Waals surface area (Å²) in [6, 6.07) is 15.8. The largest absolute Gasteiger partial charge is 0.353 e. The molecule has 3 N–H and O–H groups in total. The second-order valence-electron chi connectivity index (χ2n) is 5.47. The topological polar surface area (TPSA) is 82.6 Å². The van der Waals surface area contributed by atoms with Crippen LogP contribution in [-0.2, 0) is 0 Å². The van der Waals surface area contributed by atoms with Crippen LogP contribution in [0.25, 0.3) is 0 Å². The lowest BCUT2D eigenvalue weighted by atomic mass is 10.0. The van der Waals surface area contributed by atoms with E-state index in [9.17, 15) is 9.59 Å². The molecule has 0 unspecified atom stereocenters. The van der Waals surface area contributed by atoms with Crippen LogP contribution in [0.1, 0.15) is 41.3 Å². The standard InChI is InChI=1S/C18H20N4O2/c1-13(2)15-10-8-14(9-11-15)12-19-21-18(24)22-20-17(23)16-6-4-3-5-7-16/h3-13H,1-2H3,(H,20,23)(H2,21,22,24)/b19-12+. The summed E-state index contributed by atoms with van der Waals surface area (Å²) >= 11 is 0. The van der Waals surface area contributed by atoms with Crippen molar-refractivity contribution >= 4 is 18.2 Å². The van der Waals surface area contributed by atoms with Crippen molar-refractivity contribution in [1.29, 1.82) is 0 Å². The third-order valence-electron chi connectivity index (χ3n) is 3.31. The first kappa shape index (κ1) is 17.2. The molecule has 6 heteroatoms. The highest BCUT2D eigenvalue weighted by molar-refractivity contribution is 5.95. The first-order valence-electron chi connectivity index (χ1n) is 7.60. The highest BCUT2D eigenvalue weighted by Crippen LogP contribution is 2.13. The Labute approximate surface area is 140 Å². The monoisotopic (exact) mass is 324 g/mol. The first-order chi connectivity index (χ1) is 11.6. The molecule has 2 rings (SSSR count). The van der Waals surface area contributed by atoms with E-state index in [0.717, 1.165) is 5.56 Å². The molecular formula is C18H20N4O2. The van der Waals surface area contributed by atoms with Gasteiger partial charge in [-0.25, -0.2) is 15.6 Å². The lowest BCUT2D eigenvalue weighted by Gasteiger charge is -2.06. The van der Waals surface area contributed by atoms with E-state index in [0.29, 0.717) is 11.5 Å². The van der Waals surface area contributed by atoms with Crippen LogP contribution in [0.4, 0.5) is 4.79 Å². The Balaban J connectivity index is 1.77. The maximum Gasteiger partial charge on any atom is 0.353 e. The van der Waals surface area contributed by atoms with Gasteiger partial charge in [-0.3, -0.25) is 10.2 Å². The molecule has 0 saturated carbocycles. The van der Waals surface area contributed by atoms with Crippen LogP contribution in [-0.4, -0.2) is 18.2 Å². The maximum atomic E-state index is 11.7. The summed E-state index contributed by atoms with van der Waals surface area (Å²) in [6.07, 6.45) is 1.53. The van der Waals surface area contributed by atoms with Gasteiger partial charge >= 0.3 is 6.03 Å². The Morgan fingerprint density at radius 1 is 0.958 bits per heavy atom. The molecule has 2 aromatic rings. The third-order valence-corrected chi connectivity index (χ3v) is 3.31. The van der Waals surface area contributed by atoms with E-state index in [4.69, 9.17) is 0 Å². The molecule has 3 amide bonds. The van der Waals surface area contributed by atoms with Gasteiger partial charge in [-0.05, 0) is 29.2 Å². The molecule has 0 aromatic heterocycles. The predicted octanol–water partition coefficient (Wildman–Crippen LogP) is 2.79. The number of hydrogen-bond donors (Lipinski definition) is 3. The molecule has 0 spiro atoms. The van der Waals surface area contributed by atoms with Crippen LogP contribution < -0.4 is 16.3 Å². The number of nitrogens with zero attached hydrogens (tertiary/aromatic N) is 1. The third kappa shape index (κ3) is 5.24. The molecule has 6 nitrogen and oxygen atoms in total. The van der Waals surface area contributed by atoms with Crippen molar-refractivity contribution in [2.24, 2.45) is 5.10 Å². The van der Waals surface area contributed by atoms with Crippen LogP contribution in [0, 0.1) is 0 Å². The zero-order valence-corrected chi connectivity index (χ0v) is 13.6. The van der Waals surface area contributed by atoms with Gasteiger partial charge < -0.3 is 0 Å². The number of nitrogens with one attached hydrogen (secondary N) is 3. The first-order valence-corrected chi connectivity index (χ1v) is 7.60. The number of carbonyl (C=O) groups is 2.